The Balaban J connectivity index is 1.27. The number of benzene rings is 2. The summed E-state index contributed by atoms with van der Waals surface area (Å²) in [4.78, 5) is 22.5. The predicted octanol–water partition coefficient (Wildman–Crippen LogP) is 4.50. The molecule has 0 N–H and O–H groups in total. The van der Waals surface area contributed by atoms with Gasteiger partial charge in [-0.15, -0.1) is 0 Å². The quantitative estimate of drug-likeness (QED) is 0.444. The second-order valence-electron chi connectivity index (χ2n) is 7.76. The maximum Gasteiger partial charge on any atom is 0.387 e. The first-order valence-corrected chi connectivity index (χ1v) is 11.3. The number of imidazole rings is 1. The molecule has 166 valence electrons. The van der Waals surface area contributed by atoms with Gasteiger partial charge in [-0.1, -0.05) is 41.7 Å². The lowest BCUT2D eigenvalue weighted by Gasteiger charge is -2.22. The number of aromatic nitrogens is 2. The van der Waals surface area contributed by atoms with Crippen LogP contribution in [0, 0.1) is 0 Å². The van der Waals surface area contributed by atoms with E-state index in [-0.39, 0.29) is 11.7 Å². The standard InChI is InChI=1S/C23H22F2N4O2S/c24-22(25)31-19-8-3-1-6-16(19)14-27-10-5-11-28(13-12-27)21(30)17-15-29-18-7-2-4-9-20(18)32-23(29)26-17/h1-4,6-9,15,22H,5,10-14H2. The van der Waals surface area contributed by atoms with Crippen LogP contribution in [0.3, 0.4) is 0 Å². The van der Waals surface area contributed by atoms with Crippen molar-refractivity contribution in [2.75, 3.05) is 26.2 Å². The molecule has 0 saturated carbocycles. The molecule has 1 aliphatic heterocycles. The molecular weight excluding hydrogens is 434 g/mol. The third-order valence-electron chi connectivity index (χ3n) is 5.68. The van der Waals surface area contributed by atoms with Crippen LogP contribution >= 0.6 is 11.3 Å². The smallest absolute Gasteiger partial charge is 0.387 e. The maximum absolute atomic E-state index is 13.1. The van der Waals surface area contributed by atoms with Crippen molar-refractivity contribution in [1.82, 2.24) is 19.2 Å². The van der Waals surface area contributed by atoms with Crippen LogP contribution in [-0.2, 0) is 6.54 Å². The maximum atomic E-state index is 13.1. The molecule has 2 aromatic carbocycles. The number of carbonyl (C=O) groups is 1. The molecule has 32 heavy (non-hydrogen) atoms. The molecule has 1 amide bonds. The highest BCUT2D eigenvalue weighted by atomic mass is 32.1. The summed E-state index contributed by atoms with van der Waals surface area (Å²) in [6, 6.07) is 14.9. The van der Waals surface area contributed by atoms with Gasteiger partial charge in [0.25, 0.3) is 5.91 Å². The van der Waals surface area contributed by atoms with Crippen molar-refractivity contribution in [1.29, 1.82) is 0 Å². The summed E-state index contributed by atoms with van der Waals surface area (Å²) in [5.41, 5.74) is 2.21. The van der Waals surface area contributed by atoms with Gasteiger partial charge in [0.05, 0.1) is 10.2 Å². The Labute approximate surface area is 187 Å². The first-order chi connectivity index (χ1) is 15.6. The Bertz CT molecular complexity index is 1260. The van der Waals surface area contributed by atoms with Gasteiger partial charge in [-0.05, 0) is 24.6 Å². The lowest BCUT2D eigenvalue weighted by Crippen LogP contribution is -2.35. The molecule has 0 unspecified atom stereocenters. The zero-order valence-corrected chi connectivity index (χ0v) is 18.1. The summed E-state index contributed by atoms with van der Waals surface area (Å²) in [6.07, 6.45) is 2.62. The molecular formula is C23H22F2N4O2S. The van der Waals surface area contributed by atoms with Crippen LogP contribution in [0.15, 0.2) is 54.7 Å². The van der Waals surface area contributed by atoms with Gasteiger partial charge in [0, 0.05) is 44.5 Å². The fraction of sp³-hybridized carbons (Fsp3) is 0.304. The second-order valence-corrected chi connectivity index (χ2v) is 8.77. The lowest BCUT2D eigenvalue weighted by atomic mass is 10.2. The average Bonchev–Trinajstić information content (AvgIpc) is 3.25. The summed E-state index contributed by atoms with van der Waals surface area (Å²) in [5.74, 6) is 0.123. The predicted molar refractivity (Wildman–Crippen MR) is 119 cm³/mol. The van der Waals surface area contributed by atoms with Crippen LogP contribution in [0.2, 0.25) is 0 Å². The van der Waals surface area contributed by atoms with Gasteiger partial charge in [-0.2, -0.15) is 8.78 Å². The van der Waals surface area contributed by atoms with Gasteiger partial charge in [0.1, 0.15) is 11.4 Å². The number of rotatable bonds is 5. The van der Waals surface area contributed by atoms with Gasteiger partial charge in [0.2, 0.25) is 0 Å². The number of hydrogen-bond donors (Lipinski definition) is 0. The Hall–Kier alpha value is -3.04. The van der Waals surface area contributed by atoms with Crippen molar-refractivity contribution in [3.63, 3.8) is 0 Å². The summed E-state index contributed by atoms with van der Waals surface area (Å²) >= 11 is 1.57. The molecule has 0 atom stereocenters. The summed E-state index contributed by atoms with van der Waals surface area (Å²) in [6.45, 7) is 0.265. The van der Waals surface area contributed by atoms with E-state index in [9.17, 15) is 13.6 Å². The Morgan fingerprint density at radius 3 is 2.75 bits per heavy atom. The molecule has 2 aromatic heterocycles. The van der Waals surface area contributed by atoms with Gasteiger partial charge in [-0.25, -0.2) is 4.98 Å². The van der Waals surface area contributed by atoms with Crippen molar-refractivity contribution >= 4 is 32.4 Å². The first-order valence-electron chi connectivity index (χ1n) is 10.5. The highest BCUT2D eigenvalue weighted by molar-refractivity contribution is 7.23. The third-order valence-corrected chi connectivity index (χ3v) is 6.71. The minimum Gasteiger partial charge on any atom is -0.434 e. The fourth-order valence-corrected chi connectivity index (χ4v) is 5.14. The second kappa shape index (κ2) is 8.84. The molecule has 3 heterocycles. The Morgan fingerprint density at radius 1 is 1.06 bits per heavy atom. The number of para-hydroxylation sites is 2. The Kier molecular flexibility index (Phi) is 5.75. The van der Waals surface area contributed by atoms with E-state index < -0.39 is 6.61 Å². The van der Waals surface area contributed by atoms with Gasteiger partial charge in [-0.3, -0.25) is 14.1 Å². The zero-order valence-electron chi connectivity index (χ0n) is 17.3. The van der Waals surface area contributed by atoms with Gasteiger partial charge < -0.3 is 9.64 Å². The summed E-state index contributed by atoms with van der Waals surface area (Å²) in [5, 5.41) is 0. The van der Waals surface area contributed by atoms with E-state index in [2.05, 4.69) is 14.6 Å². The summed E-state index contributed by atoms with van der Waals surface area (Å²) in [7, 11) is 0. The molecule has 4 aromatic rings. The van der Waals surface area contributed by atoms with Crippen molar-refractivity contribution in [3.8, 4) is 5.75 Å². The topological polar surface area (TPSA) is 50.1 Å². The lowest BCUT2D eigenvalue weighted by molar-refractivity contribution is -0.0507. The zero-order chi connectivity index (χ0) is 22.1. The van der Waals surface area contributed by atoms with Crippen LogP contribution in [-0.4, -0.2) is 57.9 Å². The van der Waals surface area contributed by atoms with Crippen molar-refractivity contribution < 1.29 is 18.3 Å². The van der Waals surface area contributed by atoms with Crippen LogP contribution in [0.25, 0.3) is 15.2 Å². The number of alkyl halides is 2. The monoisotopic (exact) mass is 456 g/mol. The van der Waals surface area contributed by atoms with Crippen LogP contribution in [0.4, 0.5) is 8.78 Å². The number of halogens is 2. The van der Waals surface area contributed by atoms with Crippen molar-refractivity contribution in [2.45, 2.75) is 19.6 Å². The van der Waals surface area contributed by atoms with E-state index in [1.165, 1.54) is 0 Å². The van der Waals surface area contributed by atoms with E-state index in [1.807, 2.05) is 45.8 Å². The average molecular weight is 457 g/mol. The number of ether oxygens (including phenoxy) is 1. The number of carbonyl (C=O) groups excluding carboxylic acids is 1. The van der Waals surface area contributed by atoms with Crippen LogP contribution in [0.5, 0.6) is 5.75 Å². The molecule has 0 aliphatic carbocycles. The highest BCUT2D eigenvalue weighted by Crippen LogP contribution is 2.27. The molecule has 1 saturated heterocycles. The minimum absolute atomic E-state index is 0.0757. The van der Waals surface area contributed by atoms with Crippen molar-refractivity contribution in [2.24, 2.45) is 0 Å². The normalized spacial score (nSPS) is 15.5. The Morgan fingerprint density at radius 2 is 1.88 bits per heavy atom. The van der Waals surface area contributed by atoms with E-state index in [0.29, 0.717) is 37.4 Å². The van der Waals surface area contributed by atoms with E-state index >= 15 is 0 Å². The molecule has 1 fully saturated rings. The van der Waals surface area contributed by atoms with Crippen molar-refractivity contribution in [3.05, 3.63) is 66.0 Å². The largest absolute Gasteiger partial charge is 0.434 e. The van der Waals surface area contributed by atoms with Crippen LogP contribution in [0.1, 0.15) is 22.5 Å². The highest BCUT2D eigenvalue weighted by Gasteiger charge is 2.24. The minimum atomic E-state index is -2.85. The summed E-state index contributed by atoms with van der Waals surface area (Å²) < 4.78 is 33.2. The van der Waals surface area contributed by atoms with Gasteiger partial charge in [0.15, 0.2) is 4.96 Å². The molecule has 6 nitrogen and oxygen atoms in total. The molecule has 0 spiro atoms. The number of fused-ring (bicyclic) bond motifs is 3. The molecule has 0 bridgehead atoms. The SMILES string of the molecule is O=C(c1cn2c(n1)sc1ccccc12)N1CCCN(Cc2ccccc2OC(F)F)CC1. The van der Waals surface area contributed by atoms with E-state index in [0.717, 1.165) is 28.1 Å². The molecule has 1 aliphatic rings. The van der Waals surface area contributed by atoms with Crippen LogP contribution < -0.4 is 4.74 Å². The number of nitrogens with zero attached hydrogens (tertiary/aromatic N) is 4. The molecule has 9 heteroatoms. The number of amides is 1. The molecule has 5 rings (SSSR count). The first kappa shape index (κ1) is 20.8. The number of hydrogen-bond acceptors (Lipinski definition) is 5. The van der Waals surface area contributed by atoms with E-state index in [4.69, 9.17) is 0 Å². The van der Waals surface area contributed by atoms with E-state index in [1.54, 1.807) is 29.5 Å². The molecule has 0 radical (unpaired) electrons. The fourth-order valence-electron chi connectivity index (χ4n) is 4.13. The third kappa shape index (κ3) is 4.18. The van der Waals surface area contributed by atoms with Gasteiger partial charge >= 0.3 is 6.61 Å². The number of thiazole rings is 1.